The van der Waals surface area contributed by atoms with Gasteiger partial charge in [-0.05, 0) is 78.7 Å². The summed E-state index contributed by atoms with van der Waals surface area (Å²) in [6, 6.07) is 11.2. The molecule has 0 N–H and O–H groups in total. The lowest BCUT2D eigenvalue weighted by molar-refractivity contribution is -0.143. The van der Waals surface area contributed by atoms with Crippen LogP contribution in [0, 0.1) is 5.92 Å². The molecule has 3 atom stereocenters. The highest BCUT2D eigenvalue weighted by molar-refractivity contribution is 5.93. The zero-order valence-electron chi connectivity index (χ0n) is 21.4. The van der Waals surface area contributed by atoms with E-state index in [9.17, 15) is 31.1 Å². The van der Waals surface area contributed by atoms with E-state index in [0.717, 1.165) is 48.2 Å². The van der Waals surface area contributed by atoms with Crippen LogP contribution in [-0.2, 0) is 21.9 Å². The van der Waals surface area contributed by atoms with E-state index in [0.29, 0.717) is 25.9 Å². The van der Waals surface area contributed by atoms with Gasteiger partial charge in [0.2, 0.25) is 0 Å². The number of hydrogen-bond acceptors (Lipinski definition) is 3. The van der Waals surface area contributed by atoms with Gasteiger partial charge in [-0.25, -0.2) is 0 Å². The number of carbonyl (C=O) groups is 1. The Morgan fingerprint density at radius 1 is 0.949 bits per heavy atom. The number of ketones is 1. The van der Waals surface area contributed by atoms with Gasteiger partial charge in [0.15, 0.2) is 5.78 Å². The van der Waals surface area contributed by atoms with Crippen LogP contribution in [0.25, 0.3) is 5.57 Å². The number of likely N-dealkylation sites (tertiary alicyclic amines) is 1. The molecule has 0 saturated carbocycles. The first kappa shape index (κ1) is 27.6. The molecule has 9 heteroatoms. The van der Waals surface area contributed by atoms with Crippen molar-refractivity contribution in [3.8, 4) is 0 Å². The third kappa shape index (κ3) is 6.14. The Balaban J connectivity index is 1.45. The maximum Gasteiger partial charge on any atom is 0.416 e. The average Bonchev–Trinajstić information content (AvgIpc) is 3.48. The summed E-state index contributed by atoms with van der Waals surface area (Å²) in [4.78, 5) is 14.0. The number of hydrogen-bond donors (Lipinski definition) is 0. The number of fused-ring (bicyclic) bond motifs is 1. The highest BCUT2D eigenvalue weighted by Gasteiger charge is 2.40. The second kappa shape index (κ2) is 10.6. The van der Waals surface area contributed by atoms with Crippen molar-refractivity contribution in [1.82, 2.24) is 4.90 Å². The summed E-state index contributed by atoms with van der Waals surface area (Å²) in [5.41, 5.74) is 1.34. The lowest BCUT2D eigenvalue weighted by Crippen LogP contribution is -2.26. The van der Waals surface area contributed by atoms with Crippen LogP contribution in [0.1, 0.15) is 61.0 Å². The molecule has 0 spiro atoms. The quantitative estimate of drug-likeness (QED) is 0.347. The molecule has 5 rings (SSSR count). The van der Waals surface area contributed by atoms with Gasteiger partial charge in [-0.2, -0.15) is 26.3 Å². The molecule has 39 heavy (non-hydrogen) atoms. The molecular weight excluding hydrogens is 520 g/mol. The number of rotatable bonds is 6. The van der Waals surface area contributed by atoms with Gasteiger partial charge in [0.25, 0.3) is 0 Å². The molecule has 2 aromatic carbocycles. The summed E-state index contributed by atoms with van der Waals surface area (Å²) in [5.74, 6) is 0.426. The predicted octanol–water partition coefficient (Wildman–Crippen LogP) is 7.64. The molecule has 3 aliphatic rings. The van der Waals surface area contributed by atoms with Crippen LogP contribution in [0.4, 0.5) is 26.3 Å². The predicted molar refractivity (Wildman–Crippen MR) is 135 cm³/mol. The first-order valence-electron chi connectivity index (χ1n) is 13.1. The smallest absolute Gasteiger partial charge is 0.366 e. The van der Waals surface area contributed by atoms with Crippen molar-refractivity contribution < 1.29 is 35.9 Å². The number of alkyl halides is 6. The SMILES string of the molecule is C[C@@H](O[C@H]1CCC2CN(CC3=CC(=O)CC3)CC2=C1c1ccccc1)c1cc(C(F)(F)F)cc(C(F)(F)F)c1. The largest absolute Gasteiger partial charge is 0.416 e. The Morgan fingerprint density at radius 3 is 2.21 bits per heavy atom. The van der Waals surface area contributed by atoms with Crippen molar-refractivity contribution in [3.63, 3.8) is 0 Å². The van der Waals surface area contributed by atoms with E-state index in [1.807, 2.05) is 30.3 Å². The maximum atomic E-state index is 13.4. The van der Waals surface area contributed by atoms with Crippen LogP contribution in [0.3, 0.4) is 0 Å². The summed E-state index contributed by atoms with van der Waals surface area (Å²) in [5, 5.41) is 0. The topological polar surface area (TPSA) is 29.5 Å². The van der Waals surface area contributed by atoms with Crippen molar-refractivity contribution >= 4 is 11.4 Å². The summed E-state index contributed by atoms with van der Waals surface area (Å²) in [7, 11) is 0. The summed E-state index contributed by atoms with van der Waals surface area (Å²) >= 11 is 0. The molecule has 1 unspecified atom stereocenters. The first-order chi connectivity index (χ1) is 18.4. The molecule has 0 radical (unpaired) electrons. The molecule has 2 aromatic rings. The first-order valence-corrected chi connectivity index (χ1v) is 13.1. The minimum atomic E-state index is -4.92. The second-order valence-corrected chi connectivity index (χ2v) is 10.6. The van der Waals surface area contributed by atoms with E-state index in [1.165, 1.54) is 12.5 Å². The Morgan fingerprint density at radius 2 is 1.62 bits per heavy atom. The maximum absolute atomic E-state index is 13.4. The Bertz CT molecular complexity index is 1260. The standard InChI is InChI=1S/C30H29F6NO2/c1-18(22-12-23(29(31,32)33)14-24(13-22)30(34,35)36)39-27-10-8-21-16-37(15-19-7-9-25(38)11-19)17-26(21)28(27)20-5-3-2-4-6-20/h2-6,11-14,18,21,27H,7-10,15-17H2,1H3/t18-,21?,27+/m1/s1. The minimum absolute atomic E-state index is 0.138. The van der Waals surface area contributed by atoms with Crippen molar-refractivity contribution in [2.45, 2.75) is 57.2 Å². The zero-order valence-corrected chi connectivity index (χ0v) is 21.4. The van der Waals surface area contributed by atoms with Gasteiger partial charge in [-0.3, -0.25) is 9.69 Å². The van der Waals surface area contributed by atoms with Crippen molar-refractivity contribution in [3.05, 3.63) is 88.0 Å². The molecule has 3 nitrogen and oxygen atoms in total. The van der Waals surface area contributed by atoms with E-state index >= 15 is 0 Å². The van der Waals surface area contributed by atoms with Gasteiger partial charge in [-0.1, -0.05) is 35.9 Å². The Labute approximate surface area is 223 Å². The monoisotopic (exact) mass is 549 g/mol. The van der Waals surface area contributed by atoms with Crippen LogP contribution < -0.4 is 0 Å². The summed E-state index contributed by atoms with van der Waals surface area (Å²) in [6.07, 6.45) is -6.88. The lowest BCUT2D eigenvalue weighted by Gasteiger charge is -2.33. The fourth-order valence-corrected chi connectivity index (χ4v) is 5.98. The number of carbonyl (C=O) groups excluding carboxylic acids is 1. The van der Waals surface area contributed by atoms with E-state index in [-0.39, 0.29) is 23.3 Å². The number of halogens is 6. The van der Waals surface area contributed by atoms with Crippen LogP contribution >= 0.6 is 0 Å². The van der Waals surface area contributed by atoms with Crippen molar-refractivity contribution in [1.29, 1.82) is 0 Å². The normalized spacial score (nSPS) is 23.3. The summed E-state index contributed by atoms with van der Waals surface area (Å²) < 4.78 is 87.0. The van der Waals surface area contributed by atoms with E-state index in [4.69, 9.17) is 4.74 Å². The van der Waals surface area contributed by atoms with Gasteiger partial charge in [0, 0.05) is 26.1 Å². The van der Waals surface area contributed by atoms with Crippen LogP contribution in [0.15, 0.2) is 65.8 Å². The molecule has 2 aliphatic carbocycles. The fraction of sp³-hybridized carbons (Fsp3) is 0.433. The van der Waals surface area contributed by atoms with E-state index in [1.54, 1.807) is 6.08 Å². The summed E-state index contributed by atoms with van der Waals surface area (Å²) in [6.45, 7) is 3.72. The van der Waals surface area contributed by atoms with Gasteiger partial charge < -0.3 is 4.74 Å². The molecule has 1 fully saturated rings. The highest BCUT2D eigenvalue weighted by atomic mass is 19.4. The van der Waals surface area contributed by atoms with Crippen LogP contribution in [-0.4, -0.2) is 36.4 Å². The molecule has 208 valence electrons. The third-order valence-corrected chi connectivity index (χ3v) is 7.83. The lowest BCUT2D eigenvalue weighted by atomic mass is 9.80. The van der Waals surface area contributed by atoms with E-state index < -0.39 is 35.7 Å². The molecule has 1 heterocycles. The van der Waals surface area contributed by atoms with Crippen molar-refractivity contribution in [2.24, 2.45) is 5.92 Å². The van der Waals surface area contributed by atoms with Gasteiger partial charge in [-0.15, -0.1) is 0 Å². The average molecular weight is 550 g/mol. The molecule has 0 amide bonds. The van der Waals surface area contributed by atoms with Crippen molar-refractivity contribution in [2.75, 3.05) is 19.6 Å². The number of benzene rings is 2. The molecule has 1 saturated heterocycles. The molecular formula is C30H29F6NO2. The third-order valence-electron chi connectivity index (χ3n) is 7.83. The number of nitrogens with zero attached hydrogens (tertiary/aromatic N) is 1. The number of allylic oxidation sites excluding steroid dienone is 1. The molecule has 1 aliphatic heterocycles. The highest BCUT2D eigenvalue weighted by Crippen LogP contribution is 2.44. The molecule has 0 bridgehead atoms. The second-order valence-electron chi connectivity index (χ2n) is 10.6. The van der Waals surface area contributed by atoms with Crippen LogP contribution in [0.2, 0.25) is 0 Å². The molecule has 0 aromatic heterocycles. The van der Waals surface area contributed by atoms with Gasteiger partial charge in [0.05, 0.1) is 23.3 Å². The van der Waals surface area contributed by atoms with E-state index in [2.05, 4.69) is 4.90 Å². The Kier molecular flexibility index (Phi) is 7.50. The zero-order chi connectivity index (χ0) is 27.9. The fourth-order valence-electron chi connectivity index (χ4n) is 5.98. The van der Waals surface area contributed by atoms with Gasteiger partial charge >= 0.3 is 12.4 Å². The number of ether oxygens (including phenoxy) is 1. The van der Waals surface area contributed by atoms with Gasteiger partial charge in [0.1, 0.15) is 0 Å². The van der Waals surface area contributed by atoms with Crippen LogP contribution in [0.5, 0.6) is 0 Å². The minimum Gasteiger partial charge on any atom is -0.366 e. The Hall–Kier alpha value is -2.91.